The highest BCUT2D eigenvalue weighted by Gasteiger charge is 2.36. The number of aromatic amines is 1. The first-order valence-electron chi connectivity index (χ1n) is 5.90. The minimum absolute atomic E-state index is 0.0452. The number of nitrogens with one attached hydrogen (secondary N) is 1. The predicted octanol–water partition coefficient (Wildman–Crippen LogP) is 2.81. The summed E-state index contributed by atoms with van der Waals surface area (Å²) >= 11 is 0. The lowest BCUT2D eigenvalue weighted by atomic mass is 10.1. The molecule has 0 aliphatic carbocycles. The van der Waals surface area contributed by atoms with Crippen LogP contribution in [0.3, 0.4) is 0 Å². The quantitative estimate of drug-likeness (QED) is 0.906. The van der Waals surface area contributed by atoms with E-state index in [9.17, 15) is 18.0 Å². The van der Waals surface area contributed by atoms with Gasteiger partial charge in [0.05, 0.1) is 19.9 Å². The number of methoxy groups -OCH3 is 2. The molecule has 0 amide bonds. The molecule has 2 rings (SSSR count). The minimum atomic E-state index is -4.67. The number of alkyl halides is 3. The van der Waals surface area contributed by atoms with Gasteiger partial charge in [-0.25, -0.2) is 4.79 Å². The van der Waals surface area contributed by atoms with E-state index in [2.05, 4.69) is 10.2 Å². The second-order valence-electron chi connectivity index (χ2n) is 4.23. The van der Waals surface area contributed by atoms with Crippen LogP contribution in [0.15, 0.2) is 18.2 Å². The van der Waals surface area contributed by atoms with Crippen LogP contribution in [-0.2, 0) is 6.18 Å². The van der Waals surface area contributed by atoms with Crippen molar-refractivity contribution >= 4 is 5.97 Å². The fourth-order valence-corrected chi connectivity index (χ4v) is 1.90. The fourth-order valence-electron chi connectivity index (χ4n) is 1.90. The number of rotatable bonds is 4. The zero-order chi connectivity index (χ0) is 16.5. The maximum absolute atomic E-state index is 13.1. The Labute approximate surface area is 122 Å². The van der Waals surface area contributed by atoms with E-state index >= 15 is 0 Å². The molecule has 1 aromatic carbocycles. The first-order valence-corrected chi connectivity index (χ1v) is 5.90. The third-order valence-corrected chi connectivity index (χ3v) is 2.89. The topological polar surface area (TPSA) is 84.4 Å². The second kappa shape index (κ2) is 5.58. The van der Waals surface area contributed by atoms with Crippen LogP contribution in [0.4, 0.5) is 13.2 Å². The van der Waals surface area contributed by atoms with E-state index in [1.807, 2.05) is 0 Å². The average Bonchev–Trinajstić information content (AvgIpc) is 2.94. The van der Waals surface area contributed by atoms with E-state index in [0.717, 1.165) is 19.2 Å². The van der Waals surface area contributed by atoms with Crippen molar-refractivity contribution in [1.82, 2.24) is 10.2 Å². The highest BCUT2D eigenvalue weighted by molar-refractivity contribution is 5.87. The molecule has 2 N–H and O–H groups in total. The number of H-pyrrole nitrogens is 1. The van der Waals surface area contributed by atoms with Crippen molar-refractivity contribution in [2.75, 3.05) is 14.2 Å². The molecule has 0 spiro atoms. The third kappa shape index (κ3) is 2.83. The summed E-state index contributed by atoms with van der Waals surface area (Å²) in [6, 6.07) is 3.24. The highest BCUT2D eigenvalue weighted by atomic mass is 19.4. The maximum atomic E-state index is 13.1. The molecule has 0 fully saturated rings. The number of carboxylic acids is 1. The molecule has 1 aromatic heterocycles. The number of carboxylic acid groups (broad SMARTS) is 1. The van der Waals surface area contributed by atoms with Crippen molar-refractivity contribution < 1.29 is 32.5 Å². The third-order valence-electron chi connectivity index (χ3n) is 2.89. The molecule has 0 bridgehead atoms. The van der Waals surface area contributed by atoms with Crippen LogP contribution in [0.2, 0.25) is 0 Å². The molecule has 9 heteroatoms. The summed E-state index contributed by atoms with van der Waals surface area (Å²) in [7, 11) is 2.30. The first-order chi connectivity index (χ1) is 10.3. The van der Waals surface area contributed by atoms with Gasteiger partial charge >= 0.3 is 12.1 Å². The van der Waals surface area contributed by atoms with Crippen LogP contribution >= 0.6 is 0 Å². The number of carbonyl (C=O) groups is 1. The summed E-state index contributed by atoms with van der Waals surface area (Å²) in [5, 5.41) is 14.7. The van der Waals surface area contributed by atoms with Crippen molar-refractivity contribution in [2.45, 2.75) is 6.18 Å². The number of aromatic nitrogens is 2. The standard InChI is InChI=1S/C13H11F3N2O4/c1-21-10-4-6(8-5-9(12(19)20)18-17-8)3-7(11(10)22-2)13(14,15)16/h3-5H,1-2H3,(H,17,18)(H,19,20). The molecular formula is C13H11F3N2O4. The van der Waals surface area contributed by atoms with Gasteiger partial charge in [0.15, 0.2) is 11.5 Å². The number of nitrogens with zero attached hydrogens (tertiary/aromatic N) is 1. The smallest absolute Gasteiger partial charge is 0.420 e. The van der Waals surface area contributed by atoms with Crippen LogP contribution in [-0.4, -0.2) is 35.5 Å². The molecule has 2 aromatic rings. The molecule has 22 heavy (non-hydrogen) atoms. The molecule has 6 nitrogen and oxygen atoms in total. The number of aromatic carboxylic acids is 1. The van der Waals surface area contributed by atoms with E-state index in [4.69, 9.17) is 14.6 Å². The summed E-state index contributed by atoms with van der Waals surface area (Å²) in [4.78, 5) is 10.8. The monoisotopic (exact) mass is 316 g/mol. The average molecular weight is 316 g/mol. The number of ether oxygens (including phenoxy) is 2. The molecule has 118 valence electrons. The Bertz CT molecular complexity index is 710. The molecule has 0 radical (unpaired) electrons. The summed E-state index contributed by atoms with van der Waals surface area (Å²) in [5.41, 5.74) is -1.18. The zero-order valence-electron chi connectivity index (χ0n) is 11.5. The summed E-state index contributed by atoms with van der Waals surface area (Å²) in [6.07, 6.45) is -4.67. The van der Waals surface area contributed by atoms with Gasteiger partial charge in [-0.3, -0.25) is 5.10 Å². The lowest BCUT2D eigenvalue weighted by molar-refractivity contribution is -0.138. The summed E-state index contributed by atoms with van der Waals surface area (Å²) in [6.45, 7) is 0. The fraction of sp³-hybridized carbons (Fsp3) is 0.231. The molecular weight excluding hydrogens is 305 g/mol. The van der Waals surface area contributed by atoms with Crippen molar-refractivity contribution in [2.24, 2.45) is 0 Å². The molecule has 0 aliphatic rings. The van der Waals surface area contributed by atoms with E-state index in [-0.39, 0.29) is 22.7 Å². The Morgan fingerprint density at radius 3 is 2.36 bits per heavy atom. The van der Waals surface area contributed by atoms with Gasteiger partial charge in [-0.1, -0.05) is 0 Å². The summed E-state index contributed by atoms with van der Waals surface area (Å²) in [5.74, 6) is -1.85. The predicted molar refractivity (Wildman–Crippen MR) is 69.1 cm³/mol. The van der Waals surface area contributed by atoms with Crippen LogP contribution in [0.5, 0.6) is 11.5 Å². The first kappa shape index (κ1) is 15.7. The molecule has 0 saturated carbocycles. The second-order valence-corrected chi connectivity index (χ2v) is 4.23. The minimum Gasteiger partial charge on any atom is -0.493 e. The van der Waals surface area contributed by atoms with Crippen molar-refractivity contribution in [1.29, 1.82) is 0 Å². The van der Waals surface area contributed by atoms with Gasteiger partial charge in [-0.2, -0.15) is 18.3 Å². The van der Waals surface area contributed by atoms with Gasteiger partial charge in [-0.05, 0) is 18.2 Å². The van der Waals surface area contributed by atoms with E-state index < -0.39 is 23.5 Å². The molecule has 0 aliphatic heterocycles. The Kier molecular flexibility index (Phi) is 3.98. The lowest BCUT2D eigenvalue weighted by Crippen LogP contribution is -2.09. The van der Waals surface area contributed by atoms with Gasteiger partial charge < -0.3 is 14.6 Å². The van der Waals surface area contributed by atoms with Gasteiger partial charge in [0.2, 0.25) is 0 Å². The lowest BCUT2D eigenvalue weighted by Gasteiger charge is -2.16. The summed E-state index contributed by atoms with van der Waals surface area (Å²) < 4.78 is 49.0. The zero-order valence-corrected chi connectivity index (χ0v) is 11.5. The van der Waals surface area contributed by atoms with E-state index in [0.29, 0.717) is 0 Å². The van der Waals surface area contributed by atoms with Gasteiger partial charge in [-0.15, -0.1) is 0 Å². The van der Waals surface area contributed by atoms with Crippen LogP contribution in [0.1, 0.15) is 16.1 Å². The van der Waals surface area contributed by atoms with Gasteiger partial charge in [0.1, 0.15) is 11.3 Å². The van der Waals surface area contributed by atoms with Gasteiger partial charge in [0.25, 0.3) is 0 Å². The van der Waals surface area contributed by atoms with Crippen LogP contribution in [0, 0.1) is 0 Å². The Morgan fingerprint density at radius 2 is 1.91 bits per heavy atom. The van der Waals surface area contributed by atoms with Crippen molar-refractivity contribution in [3.63, 3.8) is 0 Å². The Balaban J connectivity index is 2.64. The molecule has 0 atom stereocenters. The van der Waals surface area contributed by atoms with Crippen molar-refractivity contribution in [3.05, 3.63) is 29.5 Å². The van der Waals surface area contributed by atoms with Gasteiger partial charge in [0, 0.05) is 5.56 Å². The largest absolute Gasteiger partial charge is 0.493 e. The number of hydrogen-bond donors (Lipinski definition) is 2. The van der Waals surface area contributed by atoms with E-state index in [1.54, 1.807) is 0 Å². The Morgan fingerprint density at radius 1 is 1.23 bits per heavy atom. The Hall–Kier alpha value is -2.71. The SMILES string of the molecule is COc1cc(-c2cc(C(=O)O)[nH]n2)cc(C(F)(F)F)c1OC. The number of halogens is 3. The normalized spacial score (nSPS) is 11.3. The highest BCUT2D eigenvalue weighted by Crippen LogP contribution is 2.44. The number of hydrogen-bond acceptors (Lipinski definition) is 4. The molecule has 0 unspecified atom stereocenters. The molecule has 1 heterocycles. The number of benzene rings is 1. The van der Waals surface area contributed by atoms with Crippen molar-refractivity contribution in [3.8, 4) is 22.8 Å². The molecule has 0 saturated heterocycles. The maximum Gasteiger partial charge on any atom is 0.420 e. The van der Waals surface area contributed by atoms with E-state index in [1.165, 1.54) is 13.2 Å². The van der Waals surface area contributed by atoms with Crippen LogP contribution < -0.4 is 9.47 Å². The van der Waals surface area contributed by atoms with Crippen LogP contribution in [0.25, 0.3) is 11.3 Å².